The number of benzene rings is 2. The van der Waals surface area contributed by atoms with Gasteiger partial charge in [0.25, 0.3) is 0 Å². The predicted molar refractivity (Wildman–Crippen MR) is 116 cm³/mol. The van der Waals surface area contributed by atoms with E-state index >= 15 is 0 Å². The first kappa shape index (κ1) is 19.4. The van der Waals surface area contributed by atoms with Crippen molar-refractivity contribution in [1.82, 2.24) is 14.8 Å². The quantitative estimate of drug-likeness (QED) is 0.620. The molecular formula is C23H23N5O2. The zero-order valence-corrected chi connectivity index (χ0v) is 16.5. The van der Waals surface area contributed by atoms with E-state index < -0.39 is 11.8 Å². The van der Waals surface area contributed by atoms with Crippen LogP contribution in [0.25, 0.3) is 0 Å². The number of carbonyl (C=O) groups is 2. The van der Waals surface area contributed by atoms with Gasteiger partial charge in [0.2, 0.25) is 0 Å². The molecule has 0 bridgehead atoms. The lowest BCUT2D eigenvalue weighted by molar-refractivity contribution is -0.156. The first-order valence-electron chi connectivity index (χ1n) is 9.78. The SMILES string of the molecule is Nc1ccc(Nc2ccc(CN3CCN(Cc4ccccc4)C(=O)C3=O)cc2)nc1. The van der Waals surface area contributed by atoms with Gasteiger partial charge in [-0.05, 0) is 35.4 Å². The monoisotopic (exact) mass is 401 g/mol. The minimum Gasteiger partial charge on any atom is -0.397 e. The van der Waals surface area contributed by atoms with E-state index in [4.69, 9.17) is 5.73 Å². The molecule has 152 valence electrons. The molecule has 0 unspecified atom stereocenters. The number of amides is 2. The Balaban J connectivity index is 1.34. The van der Waals surface area contributed by atoms with Gasteiger partial charge in [-0.2, -0.15) is 0 Å². The molecule has 1 saturated heterocycles. The molecule has 2 heterocycles. The first-order valence-corrected chi connectivity index (χ1v) is 9.78. The van der Waals surface area contributed by atoms with Crippen molar-refractivity contribution in [1.29, 1.82) is 0 Å². The summed E-state index contributed by atoms with van der Waals surface area (Å²) in [6.07, 6.45) is 1.59. The molecule has 0 spiro atoms. The Kier molecular flexibility index (Phi) is 5.61. The van der Waals surface area contributed by atoms with Gasteiger partial charge in [-0.1, -0.05) is 42.5 Å². The van der Waals surface area contributed by atoms with Crippen molar-refractivity contribution in [2.75, 3.05) is 24.1 Å². The average molecular weight is 401 g/mol. The van der Waals surface area contributed by atoms with Gasteiger partial charge in [-0.15, -0.1) is 0 Å². The van der Waals surface area contributed by atoms with Crippen LogP contribution in [-0.4, -0.2) is 39.7 Å². The number of pyridine rings is 1. The molecule has 1 fully saturated rings. The summed E-state index contributed by atoms with van der Waals surface area (Å²) in [5.74, 6) is -0.199. The zero-order valence-electron chi connectivity index (χ0n) is 16.5. The topological polar surface area (TPSA) is 91.6 Å². The Morgan fingerprint density at radius 1 is 0.800 bits per heavy atom. The van der Waals surface area contributed by atoms with E-state index in [9.17, 15) is 9.59 Å². The van der Waals surface area contributed by atoms with Crippen LogP contribution in [0, 0.1) is 0 Å². The predicted octanol–water partition coefficient (Wildman–Crippen LogP) is 2.78. The lowest BCUT2D eigenvalue weighted by Gasteiger charge is -2.33. The highest BCUT2D eigenvalue weighted by atomic mass is 16.2. The third kappa shape index (κ3) is 4.57. The number of nitrogens with two attached hydrogens (primary N) is 1. The van der Waals surface area contributed by atoms with Gasteiger partial charge in [0.15, 0.2) is 0 Å². The minimum atomic E-state index is -0.453. The van der Waals surface area contributed by atoms with E-state index in [1.54, 1.807) is 22.1 Å². The van der Waals surface area contributed by atoms with E-state index in [1.165, 1.54) is 0 Å². The Morgan fingerprint density at radius 3 is 1.97 bits per heavy atom. The average Bonchev–Trinajstić information content (AvgIpc) is 2.77. The molecule has 0 radical (unpaired) electrons. The molecule has 4 rings (SSSR count). The number of nitrogen functional groups attached to an aromatic ring is 1. The summed E-state index contributed by atoms with van der Waals surface area (Å²) in [6, 6.07) is 21.0. The first-order chi connectivity index (χ1) is 14.6. The normalized spacial score (nSPS) is 14.1. The summed E-state index contributed by atoms with van der Waals surface area (Å²) in [6.45, 7) is 1.91. The van der Waals surface area contributed by atoms with Crippen LogP contribution in [0.4, 0.5) is 17.2 Å². The van der Waals surface area contributed by atoms with Crippen LogP contribution in [0.1, 0.15) is 11.1 Å². The maximum Gasteiger partial charge on any atom is 0.312 e. The third-order valence-electron chi connectivity index (χ3n) is 5.00. The van der Waals surface area contributed by atoms with E-state index in [1.807, 2.05) is 60.7 Å². The van der Waals surface area contributed by atoms with Crippen molar-refractivity contribution in [3.05, 3.63) is 84.1 Å². The van der Waals surface area contributed by atoms with Gasteiger partial charge in [-0.25, -0.2) is 4.98 Å². The number of hydrogen-bond donors (Lipinski definition) is 2. The highest BCUT2D eigenvalue weighted by molar-refractivity contribution is 6.35. The standard InChI is InChI=1S/C23H23N5O2/c24-19-8-11-21(25-14-19)26-20-9-6-18(7-10-20)16-28-13-12-27(22(29)23(28)30)15-17-4-2-1-3-5-17/h1-11,14H,12-13,15-16,24H2,(H,25,26). The van der Waals surface area contributed by atoms with Crippen LogP contribution < -0.4 is 11.1 Å². The summed E-state index contributed by atoms with van der Waals surface area (Å²) in [7, 11) is 0. The van der Waals surface area contributed by atoms with E-state index in [0.717, 1.165) is 16.8 Å². The van der Waals surface area contributed by atoms with E-state index in [-0.39, 0.29) is 0 Å². The van der Waals surface area contributed by atoms with Crippen molar-refractivity contribution in [3.63, 3.8) is 0 Å². The molecule has 30 heavy (non-hydrogen) atoms. The largest absolute Gasteiger partial charge is 0.397 e. The van der Waals surface area contributed by atoms with Crippen LogP contribution in [0.15, 0.2) is 72.9 Å². The Hall–Kier alpha value is -3.87. The molecule has 0 aliphatic carbocycles. The lowest BCUT2D eigenvalue weighted by atomic mass is 10.1. The fourth-order valence-corrected chi connectivity index (χ4v) is 3.36. The number of aromatic nitrogens is 1. The van der Waals surface area contributed by atoms with Crippen LogP contribution in [-0.2, 0) is 22.7 Å². The summed E-state index contributed by atoms with van der Waals surface area (Å²) >= 11 is 0. The fourth-order valence-electron chi connectivity index (χ4n) is 3.36. The second-order valence-corrected chi connectivity index (χ2v) is 7.24. The zero-order chi connectivity index (χ0) is 20.9. The molecule has 2 amide bonds. The van der Waals surface area contributed by atoms with Crippen molar-refractivity contribution < 1.29 is 9.59 Å². The molecule has 2 aromatic carbocycles. The molecule has 7 nitrogen and oxygen atoms in total. The van der Waals surface area contributed by atoms with Crippen LogP contribution in [0.2, 0.25) is 0 Å². The number of carbonyl (C=O) groups excluding carboxylic acids is 2. The van der Waals surface area contributed by atoms with Crippen LogP contribution in [0.3, 0.4) is 0 Å². The molecule has 1 aliphatic rings. The van der Waals surface area contributed by atoms with E-state index in [2.05, 4.69) is 10.3 Å². The summed E-state index contributed by atoms with van der Waals surface area (Å²) < 4.78 is 0. The second-order valence-electron chi connectivity index (χ2n) is 7.24. The van der Waals surface area contributed by atoms with Gasteiger partial charge >= 0.3 is 11.8 Å². The van der Waals surface area contributed by atoms with Crippen LogP contribution >= 0.6 is 0 Å². The summed E-state index contributed by atoms with van der Waals surface area (Å²) in [5.41, 5.74) is 9.12. The Labute approximate surface area is 175 Å². The highest BCUT2D eigenvalue weighted by Gasteiger charge is 2.32. The van der Waals surface area contributed by atoms with Crippen molar-refractivity contribution >= 4 is 29.0 Å². The molecule has 0 atom stereocenters. The van der Waals surface area contributed by atoms with Gasteiger partial charge < -0.3 is 20.9 Å². The van der Waals surface area contributed by atoms with Crippen molar-refractivity contribution in [3.8, 4) is 0 Å². The van der Waals surface area contributed by atoms with Gasteiger partial charge in [0, 0.05) is 31.9 Å². The van der Waals surface area contributed by atoms with Crippen molar-refractivity contribution in [2.45, 2.75) is 13.1 Å². The summed E-state index contributed by atoms with van der Waals surface area (Å²) in [5, 5.41) is 3.20. The van der Waals surface area contributed by atoms with Crippen LogP contribution in [0.5, 0.6) is 0 Å². The molecule has 0 saturated carbocycles. The second kappa shape index (κ2) is 8.65. The van der Waals surface area contributed by atoms with E-state index in [0.29, 0.717) is 37.7 Å². The summed E-state index contributed by atoms with van der Waals surface area (Å²) in [4.78, 5) is 32.5. The lowest BCUT2D eigenvalue weighted by Crippen LogP contribution is -2.53. The number of hydrogen-bond acceptors (Lipinski definition) is 5. The highest BCUT2D eigenvalue weighted by Crippen LogP contribution is 2.18. The number of nitrogens with one attached hydrogen (secondary N) is 1. The van der Waals surface area contributed by atoms with Gasteiger partial charge in [-0.3, -0.25) is 9.59 Å². The smallest absolute Gasteiger partial charge is 0.312 e. The fraction of sp³-hybridized carbons (Fsp3) is 0.174. The molecule has 7 heteroatoms. The third-order valence-corrected chi connectivity index (χ3v) is 5.00. The van der Waals surface area contributed by atoms with Crippen molar-refractivity contribution in [2.24, 2.45) is 0 Å². The maximum atomic E-state index is 12.6. The minimum absolute atomic E-state index is 0.407. The van der Waals surface area contributed by atoms with Gasteiger partial charge in [0.1, 0.15) is 5.82 Å². The molecule has 1 aliphatic heterocycles. The molecular weight excluding hydrogens is 378 g/mol. The molecule has 3 aromatic rings. The number of rotatable bonds is 6. The molecule has 3 N–H and O–H groups in total. The Bertz CT molecular complexity index is 1020. The number of piperazine rings is 1. The number of nitrogens with zero attached hydrogens (tertiary/aromatic N) is 3. The van der Waals surface area contributed by atoms with Gasteiger partial charge in [0.05, 0.1) is 11.9 Å². The molecule has 1 aromatic heterocycles. The number of anilines is 3. The maximum absolute atomic E-state index is 12.6. The Morgan fingerprint density at radius 2 is 1.40 bits per heavy atom.